The summed E-state index contributed by atoms with van der Waals surface area (Å²) in [5.74, 6) is 2.28. The molecule has 0 radical (unpaired) electrons. The lowest BCUT2D eigenvalue weighted by atomic mass is 9.84. The highest BCUT2D eigenvalue weighted by Crippen LogP contribution is 2.46. The van der Waals surface area contributed by atoms with Gasteiger partial charge in [0.15, 0.2) is 11.5 Å². The van der Waals surface area contributed by atoms with E-state index in [0.717, 1.165) is 15.6 Å². The zero-order valence-electron chi connectivity index (χ0n) is 14.0. The van der Waals surface area contributed by atoms with E-state index in [1.165, 1.54) is 6.26 Å². The molecule has 1 unspecified atom stereocenters. The van der Waals surface area contributed by atoms with Crippen molar-refractivity contribution in [3.05, 3.63) is 57.8 Å². The molecule has 5 nitrogen and oxygen atoms in total. The minimum atomic E-state index is -0.268. The van der Waals surface area contributed by atoms with Crippen molar-refractivity contribution in [3.63, 3.8) is 0 Å². The van der Waals surface area contributed by atoms with Crippen molar-refractivity contribution >= 4 is 15.9 Å². The average molecular weight is 402 g/mol. The van der Waals surface area contributed by atoms with Gasteiger partial charge >= 0.3 is 0 Å². The van der Waals surface area contributed by atoms with Crippen LogP contribution in [0, 0.1) is 11.3 Å². The van der Waals surface area contributed by atoms with Crippen molar-refractivity contribution in [1.29, 1.82) is 5.26 Å². The fourth-order valence-electron chi connectivity index (χ4n) is 2.90. The van der Waals surface area contributed by atoms with Crippen molar-refractivity contribution < 1.29 is 18.9 Å². The third kappa shape index (κ3) is 3.03. The predicted octanol–water partition coefficient (Wildman–Crippen LogP) is 4.41. The second kappa shape index (κ2) is 7.08. The van der Waals surface area contributed by atoms with Crippen LogP contribution in [0.2, 0.25) is 0 Å². The van der Waals surface area contributed by atoms with Crippen LogP contribution in [0.25, 0.3) is 0 Å². The number of ether oxygens (including phenoxy) is 4. The minimum Gasteiger partial charge on any atom is -0.497 e. The van der Waals surface area contributed by atoms with E-state index in [1.807, 2.05) is 30.3 Å². The van der Waals surface area contributed by atoms with Gasteiger partial charge in [0.1, 0.15) is 17.8 Å². The normalized spacial score (nSPS) is 15.3. The molecule has 1 heterocycles. The number of hydrogen-bond acceptors (Lipinski definition) is 5. The van der Waals surface area contributed by atoms with Gasteiger partial charge in [0.05, 0.1) is 43.4 Å². The van der Waals surface area contributed by atoms with Gasteiger partial charge in [-0.15, -0.1) is 0 Å². The third-order valence-corrected chi connectivity index (χ3v) is 4.66. The first-order valence-electron chi connectivity index (χ1n) is 7.49. The number of fused-ring (bicyclic) bond motifs is 1. The molecule has 1 aliphatic heterocycles. The van der Waals surface area contributed by atoms with Gasteiger partial charge in [0, 0.05) is 11.6 Å². The number of methoxy groups -OCH3 is 3. The summed E-state index contributed by atoms with van der Waals surface area (Å²) >= 11 is 3.51. The van der Waals surface area contributed by atoms with Gasteiger partial charge in [-0.1, -0.05) is 6.07 Å². The van der Waals surface area contributed by atoms with E-state index in [9.17, 15) is 5.26 Å². The van der Waals surface area contributed by atoms with Crippen molar-refractivity contribution in [2.24, 2.45) is 0 Å². The zero-order chi connectivity index (χ0) is 18.0. The quantitative estimate of drug-likeness (QED) is 0.759. The Morgan fingerprint density at radius 2 is 1.88 bits per heavy atom. The number of halogens is 1. The van der Waals surface area contributed by atoms with Gasteiger partial charge in [-0.3, -0.25) is 0 Å². The minimum absolute atomic E-state index is 0.268. The van der Waals surface area contributed by atoms with Crippen molar-refractivity contribution in [3.8, 4) is 29.1 Å². The smallest absolute Gasteiger partial charge is 0.174 e. The van der Waals surface area contributed by atoms with Crippen LogP contribution < -0.4 is 18.9 Å². The fourth-order valence-corrected chi connectivity index (χ4v) is 3.52. The number of hydrogen-bond donors (Lipinski definition) is 0. The Kier molecular flexibility index (Phi) is 4.86. The lowest BCUT2D eigenvalue weighted by Gasteiger charge is -2.25. The van der Waals surface area contributed by atoms with E-state index in [1.54, 1.807) is 21.3 Å². The maximum Gasteiger partial charge on any atom is 0.174 e. The topological polar surface area (TPSA) is 60.7 Å². The Balaban J connectivity index is 2.18. The molecule has 0 N–H and O–H groups in total. The number of rotatable bonds is 4. The molecule has 3 rings (SSSR count). The monoisotopic (exact) mass is 401 g/mol. The number of allylic oxidation sites excluding steroid dienone is 1. The maximum atomic E-state index is 9.56. The Labute approximate surface area is 154 Å². The van der Waals surface area contributed by atoms with Crippen molar-refractivity contribution in [2.75, 3.05) is 21.3 Å². The van der Waals surface area contributed by atoms with E-state index < -0.39 is 0 Å². The molecule has 2 aromatic rings. The Morgan fingerprint density at radius 3 is 2.52 bits per heavy atom. The Bertz CT molecular complexity index is 886. The molecule has 0 fully saturated rings. The van der Waals surface area contributed by atoms with Crippen LogP contribution >= 0.6 is 15.9 Å². The lowest BCUT2D eigenvalue weighted by Crippen LogP contribution is -2.12. The maximum absolute atomic E-state index is 9.56. The summed E-state index contributed by atoms with van der Waals surface area (Å²) in [6, 6.07) is 11.6. The first kappa shape index (κ1) is 17.2. The van der Waals surface area contributed by atoms with Crippen LogP contribution in [0.5, 0.6) is 23.0 Å². The number of nitriles is 1. The second-order valence-electron chi connectivity index (χ2n) is 5.38. The molecule has 128 valence electrons. The summed E-state index contributed by atoms with van der Waals surface area (Å²) in [7, 11) is 4.76. The van der Waals surface area contributed by atoms with E-state index in [0.29, 0.717) is 28.6 Å². The largest absolute Gasteiger partial charge is 0.497 e. The molecular formula is C19H16BrNO4. The average Bonchev–Trinajstić information content (AvgIpc) is 2.65. The van der Waals surface area contributed by atoms with Gasteiger partial charge in [-0.2, -0.15) is 5.26 Å². The molecule has 0 aromatic heterocycles. The lowest BCUT2D eigenvalue weighted by molar-refractivity contribution is 0.352. The third-order valence-electron chi connectivity index (χ3n) is 4.07. The molecule has 0 aliphatic carbocycles. The molecule has 0 spiro atoms. The van der Waals surface area contributed by atoms with E-state index in [2.05, 4.69) is 22.0 Å². The highest BCUT2D eigenvalue weighted by atomic mass is 79.9. The van der Waals surface area contributed by atoms with E-state index in [4.69, 9.17) is 18.9 Å². The standard InChI is InChI=1S/C19H16BrNO4/c1-22-13-4-5-14-16(8-13)25-10-12(9-21)18(14)11-6-15(20)19(24-3)17(7-11)23-2/h4-8,10,18H,1-3H3. The van der Waals surface area contributed by atoms with Crippen molar-refractivity contribution in [1.82, 2.24) is 0 Å². The highest BCUT2D eigenvalue weighted by Gasteiger charge is 2.29. The molecule has 0 bridgehead atoms. The molecule has 0 saturated heterocycles. The van der Waals surface area contributed by atoms with E-state index >= 15 is 0 Å². The molecule has 6 heteroatoms. The van der Waals surface area contributed by atoms with Crippen molar-refractivity contribution in [2.45, 2.75) is 5.92 Å². The molecular weight excluding hydrogens is 386 g/mol. The van der Waals surface area contributed by atoms with Crippen LogP contribution in [0.1, 0.15) is 17.0 Å². The Hall–Kier alpha value is -2.65. The Morgan fingerprint density at radius 1 is 1.08 bits per heavy atom. The number of benzene rings is 2. The van der Waals surface area contributed by atoms with Crippen LogP contribution in [0.3, 0.4) is 0 Å². The summed E-state index contributed by atoms with van der Waals surface area (Å²) in [4.78, 5) is 0. The first-order chi connectivity index (χ1) is 12.1. The molecule has 1 aliphatic rings. The summed E-state index contributed by atoms with van der Waals surface area (Å²) in [6.45, 7) is 0. The molecule has 1 atom stereocenters. The SMILES string of the molecule is COc1ccc2c(c1)OC=C(C#N)C2c1cc(Br)c(OC)c(OC)c1. The molecule has 0 saturated carbocycles. The summed E-state index contributed by atoms with van der Waals surface area (Å²) in [6.07, 6.45) is 1.48. The van der Waals surface area contributed by atoms with Crippen LogP contribution in [0.4, 0.5) is 0 Å². The first-order valence-corrected chi connectivity index (χ1v) is 8.28. The fraction of sp³-hybridized carbons (Fsp3) is 0.211. The van der Waals surface area contributed by atoms with Crippen LogP contribution in [-0.4, -0.2) is 21.3 Å². The summed E-state index contributed by atoms with van der Waals surface area (Å²) < 4.78 is 22.4. The van der Waals surface area contributed by atoms with Gasteiger partial charge in [-0.25, -0.2) is 0 Å². The summed E-state index contributed by atoms with van der Waals surface area (Å²) in [5.41, 5.74) is 2.29. The predicted molar refractivity (Wildman–Crippen MR) is 96.4 cm³/mol. The zero-order valence-corrected chi connectivity index (χ0v) is 15.6. The van der Waals surface area contributed by atoms with Gasteiger partial charge in [0.25, 0.3) is 0 Å². The highest BCUT2D eigenvalue weighted by molar-refractivity contribution is 9.10. The molecule has 2 aromatic carbocycles. The molecule has 25 heavy (non-hydrogen) atoms. The molecule has 0 amide bonds. The van der Waals surface area contributed by atoms with Crippen LogP contribution in [0.15, 0.2) is 46.6 Å². The van der Waals surface area contributed by atoms with E-state index in [-0.39, 0.29) is 5.92 Å². The second-order valence-corrected chi connectivity index (χ2v) is 6.23. The van der Waals surface area contributed by atoms with Gasteiger partial charge < -0.3 is 18.9 Å². The van der Waals surface area contributed by atoms with Gasteiger partial charge in [0.2, 0.25) is 0 Å². The number of nitrogens with zero attached hydrogens (tertiary/aromatic N) is 1. The van der Waals surface area contributed by atoms with Gasteiger partial charge in [-0.05, 0) is 39.7 Å². The van der Waals surface area contributed by atoms with Crippen LogP contribution in [-0.2, 0) is 0 Å². The summed E-state index contributed by atoms with van der Waals surface area (Å²) in [5, 5.41) is 9.56.